The second-order valence-electron chi connectivity index (χ2n) is 4.44. The molecule has 3 nitrogen and oxygen atoms in total. The van der Waals surface area contributed by atoms with E-state index in [1.165, 1.54) is 0 Å². The maximum Gasteiger partial charge on any atom is 0.244 e. The van der Waals surface area contributed by atoms with Crippen LogP contribution in [0.5, 0.6) is 0 Å². The van der Waals surface area contributed by atoms with Crippen LogP contribution in [-0.2, 0) is 4.79 Å². The van der Waals surface area contributed by atoms with Gasteiger partial charge in [0, 0.05) is 8.04 Å². The fraction of sp³-hybridized carbons (Fsp3) is 0.417. The predicted octanol–water partition coefficient (Wildman–Crippen LogP) is 3.26. The van der Waals surface area contributed by atoms with Crippen molar-refractivity contribution in [2.45, 2.75) is 31.2 Å². The molecule has 1 aromatic rings. The van der Waals surface area contributed by atoms with E-state index in [9.17, 15) is 4.79 Å². The van der Waals surface area contributed by atoms with Crippen molar-refractivity contribution in [3.8, 4) is 0 Å². The van der Waals surface area contributed by atoms with Gasteiger partial charge in [-0.3, -0.25) is 4.79 Å². The summed E-state index contributed by atoms with van der Waals surface area (Å²) in [5.74, 6) is -0.0639. The van der Waals surface area contributed by atoms with Gasteiger partial charge in [-0.1, -0.05) is 28.8 Å². The van der Waals surface area contributed by atoms with Gasteiger partial charge in [-0.25, -0.2) is 0 Å². The summed E-state index contributed by atoms with van der Waals surface area (Å²) >= 11 is 5.60. The van der Waals surface area contributed by atoms with E-state index < -0.39 is 5.54 Å². The Morgan fingerprint density at radius 3 is 2.71 bits per heavy atom. The van der Waals surface area contributed by atoms with Gasteiger partial charge >= 0.3 is 0 Å². The quantitative estimate of drug-likeness (QED) is 0.738. The van der Waals surface area contributed by atoms with Gasteiger partial charge in [-0.15, -0.1) is 0 Å². The fourth-order valence-electron chi connectivity index (χ4n) is 2.07. The van der Waals surface area contributed by atoms with Gasteiger partial charge in [0.25, 0.3) is 0 Å². The Morgan fingerprint density at radius 1 is 1.41 bits per heavy atom. The molecule has 92 valence electrons. The Balaban J connectivity index is 2.15. The highest BCUT2D eigenvalue weighted by atomic mass is 127. The lowest BCUT2D eigenvalue weighted by atomic mass is 9.98. The first-order valence-electron chi connectivity index (χ1n) is 5.57. The van der Waals surface area contributed by atoms with Crippen molar-refractivity contribution in [2.75, 3.05) is 5.32 Å². The van der Waals surface area contributed by atoms with Gasteiger partial charge < -0.3 is 11.1 Å². The minimum Gasteiger partial charge on any atom is -0.323 e. The van der Waals surface area contributed by atoms with Gasteiger partial charge in [0.05, 0.1) is 11.2 Å². The molecule has 0 unspecified atom stereocenters. The molecule has 1 aliphatic rings. The van der Waals surface area contributed by atoms with Crippen LogP contribution in [-0.4, -0.2) is 11.4 Å². The van der Waals surface area contributed by atoms with Crippen molar-refractivity contribution < 1.29 is 4.79 Å². The third-order valence-corrected chi connectivity index (χ3v) is 4.56. The summed E-state index contributed by atoms with van der Waals surface area (Å²) in [5, 5.41) is 2.93. The van der Waals surface area contributed by atoms with Crippen LogP contribution in [0.25, 0.3) is 0 Å². The summed E-state index contributed by atoms with van der Waals surface area (Å²) in [4.78, 5) is 12.1. The van der Waals surface area contributed by atoms with Crippen molar-refractivity contribution in [1.82, 2.24) is 0 Å². The van der Waals surface area contributed by atoms with Crippen molar-refractivity contribution in [1.29, 1.82) is 0 Å². The van der Waals surface area contributed by atoms with E-state index in [0.717, 1.165) is 39.4 Å². The van der Waals surface area contributed by atoms with E-state index in [0.29, 0.717) is 0 Å². The second kappa shape index (κ2) is 5.24. The number of nitrogens with one attached hydrogen (secondary N) is 1. The van der Waals surface area contributed by atoms with Crippen LogP contribution in [0.15, 0.2) is 22.7 Å². The van der Waals surface area contributed by atoms with Gasteiger partial charge in [-0.2, -0.15) is 0 Å². The van der Waals surface area contributed by atoms with Crippen molar-refractivity contribution in [3.63, 3.8) is 0 Å². The number of benzene rings is 1. The summed E-state index contributed by atoms with van der Waals surface area (Å²) in [6, 6.07) is 5.81. The maximum atomic E-state index is 12.1. The Bertz CT molecular complexity index is 444. The molecule has 1 fully saturated rings. The Kier molecular flexibility index (Phi) is 4.10. The summed E-state index contributed by atoms with van der Waals surface area (Å²) < 4.78 is 1.96. The standard InChI is InChI=1S/C12H14BrIN2O/c13-8-3-4-9(14)10(7-8)16-11(17)12(15)5-1-2-6-12/h3-4,7H,1-2,5-6,15H2,(H,16,17). The lowest BCUT2D eigenvalue weighted by Crippen LogP contribution is -2.48. The molecule has 0 bridgehead atoms. The number of rotatable bonds is 2. The first-order chi connectivity index (χ1) is 8.01. The number of halogens is 2. The highest BCUT2D eigenvalue weighted by Crippen LogP contribution is 2.30. The van der Waals surface area contributed by atoms with Crippen LogP contribution in [0.3, 0.4) is 0 Å². The van der Waals surface area contributed by atoms with Crippen LogP contribution in [0.4, 0.5) is 5.69 Å². The normalized spacial score (nSPS) is 18.1. The molecule has 1 aromatic carbocycles. The Morgan fingerprint density at radius 2 is 2.06 bits per heavy atom. The van der Waals surface area contributed by atoms with E-state index in [4.69, 9.17) is 5.73 Å². The predicted molar refractivity (Wildman–Crippen MR) is 80.9 cm³/mol. The highest BCUT2D eigenvalue weighted by Gasteiger charge is 2.37. The minimum atomic E-state index is -0.675. The molecule has 3 N–H and O–H groups in total. The molecule has 0 heterocycles. The third-order valence-electron chi connectivity index (χ3n) is 3.12. The molecule has 0 spiro atoms. The molecule has 5 heteroatoms. The molecule has 0 aliphatic heterocycles. The molecule has 1 aliphatic carbocycles. The molecule has 0 aromatic heterocycles. The van der Waals surface area contributed by atoms with Gasteiger partial charge in [0.2, 0.25) is 5.91 Å². The fourth-order valence-corrected chi connectivity index (χ4v) is 2.90. The van der Waals surface area contributed by atoms with Crippen molar-refractivity contribution in [3.05, 3.63) is 26.2 Å². The molecule has 2 rings (SSSR count). The number of amides is 1. The molecule has 1 amide bonds. The Hall–Kier alpha value is -0.140. The molecule has 0 radical (unpaired) electrons. The summed E-state index contributed by atoms with van der Waals surface area (Å²) in [6.07, 6.45) is 3.64. The van der Waals surface area contributed by atoms with Crippen LogP contribution < -0.4 is 11.1 Å². The summed E-state index contributed by atoms with van der Waals surface area (Å²) in [5.41, 5.74) is 6.26. The number of nitrogens with two attached hydrogens (primary N) is 1. The van der Waals surface area contributed by atoms with E-state index in [-0.39, 0.29) is 5.91 Å². The third kappa shape index (κ3) is 3.00. The number of anilines is 1. The number of hydrogen-bond donors (Lipinski definition) is 2. The van der Waals surface area contributed by atoms with Gasteiger partial charge in [-0.05, 0) is 53.6 Å². The molecule has 0 atom stereocenters. The number of hydrogen-bond acceptors (Lipinski definition) is 2. The second-order valence-corrected chi connectivity index (χ2v) is 6.52. The van der Waals surface area contributed by atoms with Crippen LogP contribution in [0, 0.1) is 3.57 Å². The summed E-state index contributed by atoms with van der Waals surface area (Å²) in [6.45, 7) is 0. The van der Waals surface area contributed by atoms with E-state index in [1.807, 2.05) is 18.2 Å². The Labute approximate surface area is 123 Å². The monoisotopic (exact) mass is 408 g/mol. The van der Waals surface area contributed by atoms with Gasteiger partial charge in [0.1, 0.15) is 0 Å². The topological polar surface area (TPSA) is 55.1 Å². The maximum absolute atomic E-state index is 12.1. The minimum absolute atomic E-state index is 0.0639. The molecular formula is C12H14BrIN2O. The zero-order chi connectivity index (χ0) is 12.5. The van der Waals surface area contributed by atoms with Crippen LogP contribution in [0.2, 0.25) is 0 Å². The highest BCUT2D eigenvalue weighted by molar-refractivity contribution is 14.1. The summed E-state index contributed by atoms with van der Waals surface area (Å²) in [7, 11) is 0. The van der Waals surface area contributed by atoms with E-state index in [2.05, 4.69) is 43.8 Å². The largest absolute Gasteiger partial charge is 0.323 e. The smallest absolute Gasteiger partial charge is 0.244 e. The average Bonchev–Trinajstić information content (AvgIpc) is 2.72. The van der Waals surface area contributed by atoms with Crippen LogP contribution >= 0.6 is 38.5 Å². The van der Waals surface area contributed by atoms with Crippen molar-refractivity contribution in [2.24, 2.45) is 5.73 Å². The molecule has 0 saturated heterocycles. The zero-order valence-electron chi connectivity index (χ0n) is 9.30. The molecular weight excluding hydrogens is 395 g/mol. The van der Waals surface area contributed by atoms with Gasteiger partial charge in [0.15, 0.2) is 0 Å². The lowest BCUT2D eigenvalue weighted by Gasteiger charge is -2.22. The van der Waals surface area contributed by atoms with Crippen LogP contribution in [0.1, 0.15) is 25.7 Å². The van der Waals surface area contributed by atoms with E-state index >= 15 is 0 Å². The number of carbonyl (C=O) groups excluding carboxylic acids is 1. The average molecular weight is 409 g/mol. The lowest BCUT2D eigenvalue weighted by molar-refractivity contribution is -0.121. The zero-order valence-corrected chi connectivity index (χ0v) is 13.0. The SMILES string of the molecule is NC1(C(=O)Nc2cc(Br)ccc2I)CCCC1. The van der Waals surface area contributed by atoms with Crippen molar-refractivity contribution >= 4 is 50.1 Å². The first kappa shape index (κ1) is 13.3. The number of carbonyl (C=O) groups is 1. The van der Waals surface area contributed by atoms with E-state index in [1.54, 1.807) is 0 Å². The molecule has 17 heavy (non-hydrogen) atoms. The first-order valence-corrected chi connectivity index (χ1v) is 7.44. The molecule has 1 saturated carbocycles.